The van der Waals surface area contributed by atoms with Crippen molar-refractivity contribution in [2.75, 3.05) is 12.4 Å². The van der Waals surface area contributed by atoms with Gasteiger partial charge >= 0.3 is 5.97 Å². The van der Waals surface area contributed by atoms with Gasteiger partial charge in [-0.15, -0.1) is 0 Å². The van der Waals surface area contributed by atoms with Crippen molar-refractivity contribution in [2.45, 2.75) is 12.1 Å². The number of nitrogens with zero attached hydrogens (tertiary/aromatic N) is 5. The summed E-state index contributed by atoms with van der Waals surface area (Å²) >= 11 is 1.19. The van der Waals surface area contributed by atoms with E-state index in [2.05, 4.69) is 15.1 Å². The lowest BCUT2D eigenvalue weighted by atomic mass is 10.4. The van der Waals surface area contributed by atoms with Gasteiger partial charge in [0.15, 0.2) is 11.0 Å². The molecule has 0 saturated heterocycles. The van der Waals surface area contributed by atoms with E-state index in [-0.39, 0.29) is 11.7 Å². The Labute approximate surface area is 119 Å². The molecular formula is C12H11N5O2S. The van der Waals surface area contributed by atoms with Gasteiger partial charge in [0.05, 0.1) is 30.3 Å². The lowest BCUT2D eigenvalue weighted by Gasteiger charge is -2.03. The van der Waals surface area contributed by atoms with Gasteiger partial charge in [-0.1, -0.05) is 11.8 Å². The van der Waals surface area contributed by atoms with E-state index in [0.717, 1.165) is 0 Å². The Morgan fingerprint density at radius 2 is 2.45 bits per heavy atom. The summed E-state index contributed by atoms with van der Waals surface area (Å²) in [5.74, 6) is 0.380. The van der Waals surface area contributed by atoms with Crippen LogP contribution in [0.5, 0.6) is 0 Å². The Bertz CT molecular complexity index is 649. The van der Waals surface area contributed by atoms with Gasteiger partial charge in [0.1, 0.15) is 6.07 Å². The number of aromatic nitrogens is 4. The first-order valence-corrected chi connectivity index (χ1v) is 6.78. The van der Waals surface area contributed by atoms with Gasteiger partial charge in [-0.2, -0.15) is 10.4 Å². The van der Waals surface area contributed by atoms with Crippen LogP contribution in [-0.2, 0) is 9.53 Å². The van der Waals surface area contributed by atoms with Crippen molar-refractivity contribution < 1.29 is 9.53 Å². The second-order valence-electron chi connectivity index (χ2n) is 3.58. The normalized spacial score (nSPS) is 10.0. The van der Waals surface area contributed by atoms with E-state index in [1.807, 2.05) is 6.07 Å². The van der Waals surface area contributed by atoms with Gasteiger partial charge in [0.2, 0.25) is 0 Å². The molecule has 2 aromatic rings. The number of carbonyl (C=O) groups excluding carboxylic acids is 1. The summed E-state index contributed by atoms with van der Waals surface area (Å²) in [6, 6.07) is 3.66. The molecule has 0 radical (unpaired) electrons. The third-order valence-corrected chi connectivity index (χ3v) is 3.02. The van der Waals surface area contributed by atoms with Crippen LogP contribution >= 0.6 is 11.8 Å². The highest BCUT2D eigenvalue weighted by atomic mass is 32.2. The highest BCUT2D eigenvalue weighted by Crippen LogP contribution is 2.14. The van der Waals surface area contributed by atoms with E-state index >= 15 is 0 Å². The van der Waals surface area contributed by atoms with Crippen LogP contribution in [0.1, 0.15) is 12.5 Å². The van der Waals surface area contributed by atoms with Crippen LogP contribution < -0.4 is 0 Å². The number of nitriles is 1. The van der Waals surface area contributed by atoms with Crippen LogP contribution in [0.3, 0.4) is 0 Å². The third-order valence-electron chi connectivity index (χ3n) is 2.19. The highest BCUT2D eigenvalue weighted by Gasteiger charge is 2.07. The van der Waals surface area contributed by atoms with Gasteiger partial charge < -0.3 is 4.74 Å². The molecule has 0 aliphatic heterocycles. The summed E-state index contributed by atoms with van der Waals surface area (Å²) in [6.07, 6.45) is 4.60. The van der Waals surface area contributed by atoms with E-state index < -0.39 is 0 Å². The summed E-state index contributed by atoms with van der Waals surface area (Å²) in [5.41, 5.74) is 0.448. The Morgan fingerprint density at radius 3 is 3.15 bits per heavy atom. The van der Waals surface area contributed by atoms with Gasteiger partial charge in [0.25, 0.3) is 0 Å². The molecule has 0 aliphatic rings. The highest BCUT2D eigenvalue weighted by molar-refractivity contribution is 7.99. The quantitative estimate of drug-likeness (QED) is 0.463. The molecule has 2 aromatic heterocycles. The first-order valence-electron chi connectivity index (χ1n) is 5.79. The molecule has 0 saturated carbocycles. The zero-order chi connectivity index (χ0) is 14.4. The number of hydrogen-bond donors (Lipinski definition) is 0. The number of thioether (sulfide) groups is 1. The number of hydrogen-bond acceptors (Lipinski definition) is 7. The van der Waals surface area contributed by atoms with E-state index in [0.29, 0.717) is 23.1 Å². The molecule has 8 heteroatoms. The zero-order valence-corrected chi connectivity index (χ0v) is 11.5. The third kappa shape index (κ3) is 3.55. The number of esters is 1. The van der Waals surface area contributed by atoms with E-state index in [4.69, 9.17) is 10.00 Å². The summed E-state index contributed by atoms with van der Waals surface area (Å²) < 4.78 is 6.31. The largest absolute Gasteiger partial charge is 0.465 e. The van der Waals surface area contributed by atoms with E-state index in [1.165, 1.54) is 22.6 Å². The van der Waals surface area contributed by atoms with Crippen LogP contribution in [0.4, 0.5) is 0 Å². The standard InChI is InChI=1S/C12H11N5O2S/c1-2-19-11(18)8-20-12-14-4-3-10(16-12)17-7-9(5-13)6-15-17/h3-4,6-7H,2,8H2,1H3. The van der Waals surface area contributed by atoms with Crippen LogP contribution in [0.25, 0.3) is 5.82 Å². The molecule has 2 heterocycles. The topological polar surface area (TPSA) is 93.7 Å². The van der Waals surface area contributed by atoms with Crippen molar-refractivity contribution in [3.05, 3.63) is 30.2 Å². The molecule has 0 bridgehead atoms. The molecule has 7 nitrogen and oxygen atoms in total. The number of ether oxygens (including phenoxy) is 1. The Balaban J connectivity index is 2.08. The Hall–Kier alpha value is -2.40. The van der Waals surface area contributed by atoms with Crippen molar-refractivity contribution in [3.63, 3.8) is 0 Å². The van der Waals surface area contributed by atoms with Crippen molar-refractivity contribution >= 4 is 17.7 Å². The first-order chi connectivity index (χ1) is 9.72. The molecule has 20 heavy (non-hydrogen) atoms. The summed E-state index contributed by atoms with van der Waals surface area (Å²) in [6.45, 7) is 2.11. The molecule has 0 fully saturated rings. The monoisotopic (exact) mass is 289 g/mol. The Kier molecular flexibility index (Phi) is 4.68. The Morgan fingerprint density at radius 1 is 1.60 bits per heavy atom. The second-order valence-corrected chi connectivity index (χ2v) is 4.52. The molecule has 0 unspecified atom stereocenters. The van der Waals surface area contributed by atoms with Crippen molar-refractivity contribution in [1.82, 2.24) is 19.7 Å². The number of rotatable bonds is 5. The van der Waals surface area contributed by atoms with Crippen LogP contribution in [0.15, 0.2) is 29.8 Å². The molecule has 0 aromatic carbocycles. The van der Waals surface area contributed by atoms with Gasteiger partial charge in [-0.05, 0) is 6.92 Å². The predicted octanol–water partition coefficient (Wildman–Crippen LogP) is 1.19. The average Bonchev–Trinajstić information content (AvgIpc) is 2.95. The molecule has 2 rings (SSSR count). The van der Waals surface area contributed by atoms with Crippen LogP contribution in [0.2, 0.25) is 0 Å². The number of carbonyl (C=O) groups is 1. The smallest absolute Gasteiger partial charge is 0.316 e. The fourth-order valence-electron chi connectivity index (χ4n) is 1.36. The second kappa shape index (κ2) is 6.68. The minimum Gasteiger partial charge on any atom is -0.465 e. The molecule has 0 atom stereocenters. The summed E-state index contributed by atoms with van der Waals surface area (Å²) in [4.78, 5) is 19.6. The van der Waals surface area contributed by atoms with Crippen LogP contribution in [-0.4, -0.2) is 38.1 Å². The molecule has 102 valence electrons. The first kappa shape index (κ1) is 14.0. The predicted molar refractivity (Wildman–Crippen MR) is 71.2 cm³/mol. The maximum absolute atomic E-state index is 11.3. The van der Waals surface area contributed by atoms with E-state index in [1.54, 1.807) is 25.4 Å². The van der Waals surface area contributed by atoms with Crippen molar-refractivity contribution in [1.29, 1.82) is 5.26 Å². The fraction of sp³-hybridized carbons (Fsp3) is 0.250. The average molecular weight is 289 g/mol. The molecule has 0 spiro atoms. The molecular weight excluding hydrogens is 278 g/mol. The van der Waals surface area contributed by atoms with Gasteiger partial charge in [-0.25, -0.2) is 14.6 Å². The van der Waals surface area contributed by atoms with Crippen LogP contribution in [0, 0.1) is 11.3 Å². The summed E-state index contributed by atoms with van der Waals surface area (Å²) in [7, 11) is 0. The summed E-state index contributed by atoms with van der Waals surface area (Å²) in [5, 5.41) is 13.2. The lowest BCUT2D eigenvalue weighted by Crippen LogP contribution is -2.07. The van der Waals surface area contributed by atoms with Crippen molar-refractivity contribution in [2.24, 2.45) is 0 Å². The minimum atomic E-state index is -0.308. The maximum Gasteiger partial charge on any atom is 0.316 e. The SMILES string of the molecule is CCOC(=O)CSc1nccc(-n2cc(C#N)cn2)n1. The zero-order valence-electron chi connectivity index (χ0n) is 10.7. The minimum absolute atomic E-state index is 0.153. The molecule has 0 amide bonds. The molecule has 0 N–H and O–H groups in total. The lowest BCUT2D eigenvalue weighted by molar-refractivity contribution is -0.139. The molecule has 0 aliphatic carbocycles. The maximum atomic E-state index is 11.3. The van der Waals surface area contributed by atoms with Gasteiger partial charge in [0, 0.05) is 12.3 Å². The van der Waals surface area contributed by atoms with Crippen molar-refractivity contribution in [3.8, 4) is 11.9 Å². The fourth-order valence-corrected chi connectivity index (χ4v) is 1.98. The van der Waals surface area contributed by atoms with E-state index in [9.17, 15) is 4.79 Å². The van der Waals surface area contributed by atoms with Gasteiger partial charge in [-0.3, -0.25) is 4.79 Å².